The van der Waals surface area contributed by atoms with Gasteiger partial charge in [-0.1, -0.05) is 11.6 Å². The molecule has 0 spiro atoms. The molecule has 1 aliphatic rings. The molecule has 2 rings (SSSR count). The molecule has 1 fully saturated rings. The SMILES string of the molecule is CC(C)(C)OC(=O)N1CC[C@H](CNC(=O)c2ccc(Cl)nc2)C1. The molecule has 0 aliphatic carbocycles. The summed E-state index contributed by atoms with van der Waals surface area (Å²) in [5.41, 5.74) is -0.0262. The Hall–Kier alpha value is -1.82. The largest absolute Gasteiger partial charge is 0.444 e. The second kappa shape index (κ2) is 7.17. The van der Waals surface area contributed by atoms with Gasteiger partial charge in [0.05, 0.1) is 5.56 Å². The Labute approximate surface area is 141 Å². The Morgan fingerprint density at radius 1 is 1.43 bits per heavy atom. The van der Waals surface area contributed by atoms with E-state index in [-0.39, 0.29) is 17.9 Å². The number of nitrogens with one attached hydrogen (secondary N) is 1. The molecule has 23 heavy (non-hydrogen) atoms. The topological polar surface area (TPSA) is 71.5 Å². The fourth-order valence-corrected chi connectivity index (χ4v) is 2.45. The highest BCUT2D eigenvalue weighted by Crippen LogP contribution is 2.19. The fourth-order valence-electron chi connectivity index (χ4n) is 2.34. The number of nitrogens with zero attached hydrogens (tertiary/aromatic N) is 2. The van der Waals surface area contributed by atoms with Crippen molar-refractivity contribution < 1.29 is 14.3 Å². The lowest BCUT2D eigenvalue weighted by molar-refractivity contribution is 0.0288. The lowest BCUT2D eigenvalue weighted by Crippen LogP contribution is -2.36. The van der Waals surface area contributed by atoms with Crippen LogP contribution in [-0.2, 0) is 4.74 Å². The molecule has 0 unspecified atom stereocenters. The van der Waals surface area contributed by atoms with E-state index < -0.39 is 5.60 Å². The van der Waals surface area contributed by atoms with Crippen LogP contribution in [0.25, 0.3) is 0 Å². The van der Waals surface area contributed by atoms with Crippen LogP contribution in [0.4, 0.5) is 4.79 Å². The van der Waals surface area contributed by atoms with E-state index in [9.17, 15) is 9.59 Å². The summed E-state index contributed by atoms with van der Waals surface area (Å²) in [4.78, 5) is 29.6. The Bertz CT molecular complexity index is 569. The number of amides is 2. The van der Waals surface area contributed by atoms with Gasteiger partial charge in [-0.2, -0.15) is 0 Å². The summed E-state index contributed by atoms with van der Waals surface area (Å²) in [6.07, 6.45) is 1.99. The molecular formula is C16H22ClN3O3. The van der Waals surface area contributed by atoms with E-state index in [1.165, 1.54) is 6.20 Å². The number of halogens is 1. The van der Waals surface area contributed by atoms with Gasteiger partial charge < -0.3 is 15.0 Å². The van der Waals surface area contributed by atoms with Crippen LogP contribution in [0.5, 0.6) is 0 Å². The van der Waals surface area contributed by atoms with E-state index in [2.05, 4.69) is 10.3 Å². The highest BCUT2D eigenvalue weighted by molar-refractivity contribution is 6.29. The van der Waals surface area contributed by atoms with Crippen molar-refractivity contribution in [3.63, 3.8) is 0 Å². The standard InChI is InChI=1S/C16H22ClN3O3/c1-16(2,3)23-15(22)20-7-6-11(10-20)8-19-14(21)12-4-5-13(17)18-9-12/h4-5,9,11H,6-8,10H2,1-3H3,(H,19,21)/t11-/m1/s1. The van der Waals surface area contributed by atoms with Crippen LogP contribution in [0.3, 0.4) is 0 Å². The van der Waals surface area contributed by atoms with Crippen LogP contribution in [0.2, 0.25) is 5.15 Å². The smallest absolute Gasteiger partial charge is 0.410 e. The van der Waals surface area contributed by atoms with Crippen LogP contribution in [0.15, 0.2) is 18.3 Å². The predicted octanol–water partition coefficient (Wildman–Crippen LogP) is 2.72. The molecular weight excluding hydrogens is 318 g/mol. The number of carbonyl (C=O) groups is 2. The van der Waals surface area contributed by atoms with Gasteiger partial charge in [0, 0.05) is 25.8 Å². The van der Waals surface area contributed by atoms with Gasteiger partial charge >= 0.3 is 6.09 Å². The van der Waals surface area contributed by atoms with E-state index in [0.29, 0.717) is 30.4 Å². The minimum absolute atomic E-state index is 0.190. The summed E-state index contributed by atoms with van der Waals surface area (Å²) in [6.45, 7) is 7.29. The van der Waals surface area contributed by atoms with Gasteiger partial charge in [-0.25, -0.2) is 9.78 Å². The number of carbonyl (C=O) groups excluding carboxylic acids is 2. The highest BCUT2D eigenvalue weighted by atomic mass is 35.5. The molecule has 1 aliphatic heterocycles. The number of likely N-dealkylation sites (tertiary alicyclic amines) is 1. The quantitative estimate of drug-likeness (QED) is 0.859. The van der Waals surface area contributed by atoms with Gasteiger partial charge in [0.15, 0.2) is 0 Å². The molecule has 0 aromatic carbocycles. The van der Waals surface area contributed by atoms with Gasteiger partial charge in [0.2, 0.25) is 0 Å². The average Bonchev–Trinajstić information content (AvgIpc) is 2.93. The zero-order chi connectivity index (χ0) is 17.0. The van der Waals surface area contributed by atoms with Crippen molar-refractivity contribution in [2.45, 2.75) is 32.8 Å². The third kappa shape index (κ3) is 5.39. The first kappa shape index (κ1) is 17.5. The van der Waals surface area contributed by atoms with Gasteiger partial charge in [-0.3, -0.25) is 4.79 Å². The van der Waals surface area contributed by atoms with E-state index in [1.807, 2.05) is 20.8 Å². The molecule has 6 nitrogen and oxygen atoms in total. The van der Waals surface area contributed by atoms with Crippen molar-refractivity contribution in [3.8, 4) is 0 Å². The Morgan fingerprint density at radius 2 is 2.17 bits per heavy atom. The van der Waals surface area contributed by atoms with E-state index >= 15 is 0 Å². The van der Waals surface area contributed by atoms with Crippen LogP contribution < -0.4 is 5.32 Å². The van der Waals surface area contributed by atoms with Gasteiger partial charge in [-0.15, -0.1) is 0 Å². The number of hydrogen-bond donors (Lipinski definition) is 1. The average molecular weight is 340 g/mol. The number of aromatic nitrogens is 1. The number of ether oxygens (including phenoxy) is 1. The Morgan fingerprint density at radius 3 is 2.78 bits per heavy atom. The molecule has 1 saturated heterocycles. The minimum atomic E-state index is -0.495. The maximum atomic E-state index is 12.0. The van der Waals surface area contributed by atoms with Crippen molar-refractivity contribution in [3.05, 3.63) is 29.0 Å². The lowest BCUT2D eigenvalue weighted by Gasteiger charge is -2.24. The summed E-state index contributed by atoms with van der Waals surface area (Å²) in [7, 11) is 0. The normalized spacial score (nSPS) is 17.9. The Balaban J connectivity index is 1.78. The van der Waals surface area contributed by atoms with Gasteiger partial charge in [-0.05, 0) is 45.2 Å². The van der Waals surface area contributed by atoms with Crippen LogP contribution >= 0.6 is 11.6 Å². The molecule has 2 amide bonds. The van der Waals surface area contributed by atoms with Crippen molar-refractivity contribution in [2.75, 3.05) is 19.6 Å². The van der Waals surface area contributed by atoms with Crippen molar-refractivity contribution in [1.82, 2.24) is 15.2 Å². The second-order valence-electron chi connectivity index (χ2n) is 6.66. The lowest BCUT2D eigenvalue weighted by atomic mass is 10.1. The van der Waals surface area contributed by atoms with E-state index in [1.54, 1.807) is 17.0 Å². The zero-order valence-electron chi connectivity index (χ0n) is 13.6. The molecule has 1 aromatic rings. The van der Waals surface area contributed by atoms with Gasteiger partial charge in [0.25, 0.3) is 5.91 Å². The molecule has 1 N–H and O–H groups in total. The minimum Gasteiger partial charge on any atom is -0.444 e. The highest BCUT2D eigenvalue weighted by Gasteiger charge is 2.29. The number of hydrogen-bond acceptors (Lipinski definition) is 4. The first-order valence-corrected chi connectivity index (χ1v) is 8.00. The molecule has 2 heterocycles. The maximum absolute atomic E-state index is 12.0. The molecule has 126 valence electrons. The summed E-state index contributed by atoms with van der Waals surface area (Å²) >= 11 is 5.70. The van der Waals surface area contributed by atoms with Crippen LogP contribution in [-0.4, -0.2) is 47.1 Å². The van der Waals surface area contributed by atoms with Gasteiger partial charge in [0.1, 0.15) is 10.8 Å². The number of rotatable bonds is 3. The third-order valence-corrected chi connectivity index (χ3v) is 3.70. The first-order chi connectivity index (χ1) is 10.7. The molecule has 7 heteroatoms. The molecule has 1 aromatic heterocycles. The van der Waals surface area contributed by atoms with Crippen LogP contribution in [0.1, 0.15) is 37.6 Å². The van der Waals surface area contributed by atoms with E-state index in [4.69, 9.17) is 16.3 Å². The fraction of sp³-hybridized carbons (Fsp3) is 0.562. The summed E-state index contributed by atoms with van der Waals surface area (Å²) in [6, 6.07) is 3.21. The maximum Gasteiger partial charge on any atom is 0.410 e. The van der Waals surface area contributed by atoms with Crippen LogP contribution in [0, 0.1) is 5.92 Å². The monoisotopic (exact) mass is 339 g/mol. The molecule has 1 atom stereocenters. The third-order valence-electron chi connectivity index (χ3n) is 3.48. The predicted molar refractivity (Wildman–Crippen MR) is 87.5 cm³/mol. The van der Waals surface area contributed by atoms with Crippen molar-refractivity contribution >= 4 is 23.6 Å². The first-order valence-electron chi connectivity index (χ1n) is 7.62. The second-order valence-corrected chi connectivity index (χ2v) is 7.05. The van der Waals surface area contributed by atoms with E-state index in [0.717, 1.165) is 6.42 Å². The van der Waals surface area contributed by atoms with Crippen molar-refractivity contribution in [1.29, 1.82) is 0 Å². The molecule has 0 bridgehead atoms. The van der Waals surface area contributed by atoms with Crippen molar-refractivity contribution in [2.24, 2.45) is 5.92 Å². The summed E-state index contributed by atoms with van der Waals surface area (Å²) in [5.74, 6) is 0.0385. The summed E-state index contributed by atoms with van der Waals surface area (Å²) in [5, 5.41) is 3.22. The number of pyridine rings is 1. The molecule has 0 radical (unpaired) electrons. The summed E-state index contributed by atoms with van der Waals surface area (Å²) < 4.78 is 5.35. The molecule has 0 saturated carbocycles. The Kier molecular flexibility index (Phi) is 5.46. The zero-order valence-corrected chi connectivity index (χ0v) is 14.4.